The van der Waals surface area contributed by atoms with E-state index >= 15 is 0 Å². The summed E-state index contributed by atoms with van der Waals surface area (Å²) in [7, 11) is 3.67. The van der Waals surface area contributed by atoms with Crippen LogP contribution in [0.4, 0.5) is 4.79 Å². The summed E-state index contributed by atoms with van der Waals surface area (Å²) in [5, 5.41) is 11.6. The Morgan fingerprint density at radius 2 is 1.56 bits per heavy atom. The molecule has 0 fully saturated rings. The molecule has 8 heteroatoms. The van der Waals surface area contributed by atoms with Crippen LogP contribution in [0.25, 0.3) is 11.1 Å². The molecule has 8 nitrogen and oxygen atoms in total. The van der Waals surface area contributed by atoms with Gasteiger partial charge in [-0.25, -0.2) is 4.79 Å². The zero-order valence-corrected chi connectivity index (χ0v) is 18.6. The SMILES string of the molecule is CC(NC(=O)OCC1c2ccccc2-c2ccccc21)C(=O)N(CCN(C)C)CC(=O)O. The minimum Gasteiger partial charge on any atom is -0.480 e. The second kappa shape index (κ2) is 10.3. The molecule has 2 aromatic carbocycles. The van der Waals surface area contributed by atoms with Gasteiger partial charge in [0, 0.05) is 19.0 Å². The molecule has 32 heavy (non-hydrogen) atoms. The van der Waals surface area contributed by atoms with Gasteiger partial charge in [-0.15, -0.1) is 0 Å². The third-order valence-electron chi connectivity index (χ3n) is 5.50. The second-order valence-corrected chi connectivity index (χ2v) is 8.15. The summed E-state index contributed by atoms with van der Waals surface area (Å²) in [4.78, 5) is 39.3. The molecule has 2 N–H and O–H groups in total. The molecule has 1 unspecified atom stereocenters. The van der Waals surface area contributed by atoms with Crippen LogP contribution in [0.1, 0.15) is 24.0 Å². The summed E-state index contributed by atoms with van der Waals surface area (Å²) < 4.78 is 5.47. The summed E-state index contributed by atoms with van der Waals surface area (Å²) in [6.45, 7) is 1.99. The number of hydrogen-bond donors (Lipinski definition) is 2. The molecule has 0 radical (unpaired) electrons. The average molecular weight is 440 g/mol. The van der Waals surface area contributed by atoms with Gasteiger partial charge in [0.25, 0.3) is 0 Å². The van der Waals surface area contributed by atoms with Crippen molar-refractivity contribution >= 4 is 18.0 Å². The molecule has 0 heterocycles. The van der Waals surface area contributed by atoms with Gasteiger partial charge < -0.3 is 25.0 Å². The van der Waals surface area contributed by atoms with Gasteiger partial charge >= 0.3 is 12.1 Å². The highest BCUT2D eigenvalue weighted by Gasteiger charge is 2.30. The maximum absolute atomic E-state index is 12.7. The number of hydrogen-bond acceptors (Lipinski definition) is 5. The zero-order valence-electron chi connectivity index (χ0n) is 18.6. The Kier molecular flexibility index (Phi) is 7.48. The monoisotopic (exact) mass is 439 g/mol. The Hall–Kier alpha value is -3.39. The smallest absolute Gasteiger partial charge is 0.407 e. The van der Waals surface area contributed by atoms with Crippen LogP contribution in [-0.4, -0.2) is 79.3 Å². The van der Waals surface area contributed by atoms with Crippen molar-refractivity contribution in [2.75, 3.05) is 40.3 Å². The van der Waals surface area contributed by atoms with Crippen LogP contribution in [0, 0.1) is 0 Å². The van der Waals surface area contributed by atoms with Crippen molar-refractivity contribution in [3.63, 3.8) is 0 Å². The highest BCUT2D eigenvalue weighted by atomic mass is 16.5. The van der Waals surface area contributed by atoms with E-state index in [1.165, 1.54) is 11.8 Å². The van der Waals surface area contributed by atoms with E-state index in [-0.39, 0.29) is 19.1 Å². The maximum atomic E-state index is 12.7. The van der Waals surface area contributed by atoms with Gasteiger partial charge in [-0.3, -0.25) is 9.59 Å². The van der Waals surface area contributed by atoms with Crippen LogP contribution in [0.3, 0.4) is 0 Å². The van der Waals surface area contributed by atoms with Crippen molar-refractivity contribution in [3.8, 4) is 11.1 Å². The summed E-state index contributed by atoms with van der Waals surface area (Å²) in [6, 6.07) is 15.2. The van der Waals surface area contributed by atoms with Crippen molar-refractivity contribution in [1.29, 1.82) is 0 Å². The number of fused-ring (bicyclic) bond motifs is 3. The molecule has 3 rings (SSSR count). The first-order valence-corrected chi connectivity index (χ1v) is 10.5. The van der Waals surface area contributed by atoms with E-state index in [9.17, 15) is 14.4 Å². The number of carboxylic acid groups (broad SMARTS) is 1. The maximum Gasteiger partial charge on any atom is 0.407 e. The number of benzene rings is 2. The minimum atomic E-state index is -1.11. The normalized spacial score (nSPS) is 13.2. The molecular formula is C24H29N3O5. The number of carbonyl (C=O) groups excluding carboxylic acids is 2. The van der Waals surface area contributed by atoms with Crippen molar-refractivity contribution < 1.29 is 24.2 Å². The number of likely N-dealkylation sites (N-methyl/N-ethyl adjacent to an activating group) is 1. The van der Waals surface area contributed by atoms with Gasteiger partial charge in [0.05, 0.1) is 0 Å². The molecule has 1 aliphatic rings. The van der Waals surface area contributed by atoms with Crippen molar-refractivity contribution in [2.45, 2.75) is 18.9 Å². The lowest BCUT2D eigenvalue weighted by atomic mass is 9.98. The molecule has 0 saturated heterocycles. The van der Waals surface area contributed by atoms with Gasteiger partial charge in [-0.05, 0) is 43.3 Å². The highest BCUT2D eigenvalue weighted by molar-refractivity contribution is 5.88. The predicted octanol–water partition coefficient (Wildman–Crippen LogP) is 2.39. The van der Waals surface area contributed by atoms with Crippen LogP contribution in [0.5, 0.6) is 0 Å². The zero-order chi connectivity index (χ0) is 23.3. The molecule has 170 valence electrons. The first kappa shape index (κ1) is 23.3. The molecule has 0 saturated carbocycles. The van der Waals surface area contributed by atoms with E-state index in [1.807, 2.05) is 55.4 Å². The average Bonchev–Trinajstić information content (AvgIpc) is 3.08. The van der Waals surface area contributed by atoms with Crippen molar-refractivity contribution in [3.05, 3.63) is 59.7 Å². The number of carbonyl (C=O) groups is 3. The molecule has 2 aromatic rings. The van der Waals surface area contributed by atoms with Crippen LogP contribution >= 0.6 is 0 Å². The van der Waals surface area contributed by atoms with Crippen LogP contribution < -0.4 is 5.32 Å². The molecule has 1 aliphatic carbocycles. The third-order valence-corrected chi connectivity index (χ3v) is 5.50. The van der Waals surface area contributed by atoms with Crippen LogP contribution in [-0.2, 0) is 14.3 Å². The Balaban J connectivity index is 1.60. The predicted molar refractivity (Wildman–Crippen MR) is 120 cm³/mol. The fraction of sp³-hybridized carbons (Fsp3) is 0.375. The van der Waals surface area contributed by atoms with Gasteiger partial charge in [0.1, 0.15) is 19.2 Å². The number of nitrogens with zero attached hydrogens (tertiary/aromatic N) is 2. The number of rotatable bonds is 9. The standard InChI is InChI=1S/C24H29N3O5/c1-16(23(30)27(14-22(28)29)13-12-26(2)3)25-24(31)32-15-21-19-10-6-4-8-17(19)18-9-5-7-11-20(18)21/h4-11,16,21H,12-15H2,1-3H3,(H,25,31)(H,28,29). The molecular weight excluding hydrogens is 410 g/mol. The Bertz CT molecular complexity index is 946. The summed E-state index contributed by atoms with van der Waals surface area (Å²) >= 11 is 0. The van der Waals surface area contributed by atoms with E-state index in [0.29, 0.717) is 6.54 Å². The Morgan fingerprint density at radius 1 is 1.00 bits per heavy atom. The van der Waals surface area contributed by atoms with Crippen molar-refractivity contribution in [1.82, 2.24) is 15.1 Å². The molecule has 2 amide bonds. The fourth-order valence-electron chi connectivity index (χ4n) is 3.90. The summed E-state index contributed by atoms with van der Waals surface area (Å²) in [5.41, 5.74) is 4.46. The molecule has 0 aromatic heterocycles. The lowest BCUT2D eigenvalue weighted by Gasteiger charge is -2.26. The fourth-order valence-corrected chi connectivity index (χ4v) is 3.90. The lowest BCUT2D eigenvalue weighted by molar-refractivity contribution is -0.145. The Labute approximate surface area is 187 Å². The molecule has 0 aliphatic heterocycles. The topological polar surface area (TPSA) is 99.2 Å². The summed E-state index contributed by atoms with van der Waals surface area (Å²) in [6.07, 6.45) is -0.712. The number of aliphatic carboxylic acids is 1. The third kappa shape index (κ3) is 5.45. The highest BCUT2D eigenvalue weighted by Crippen LogP contribution is 2.44. The van der Waals surface area contributed by atoms with E-state index in [1.54, 1.807) is 0 Å². The molecule has 0 bridgehead atoms. The number of alkyl carbamates (subject to hydrolysis) is 1. The number of carboxylic acids is 1. The van der Waals surface area contributed by atoms with Gasteiger partial charge in [0.15, 0.2) is 0 Å². The molecule has 1 atom stereocenters. The number of ether oxygens (including phenoxy) is 1. The summed E-state index contributed by atoms with van der Waals surface area (Å²) in [5.74, 6) is -1.66. The quantitative estimate of drug-likeness (QED) is 0.623. The number of nitrogens with one attached hydrogen (secondary N) is 1. The van der Waals surface area contributed by atoms with Crippen LogP contribution in [0.15, 0.2) is 48.5 Å². The van der Waals surface area contributed by atoms with Crippen LogP contribution in [0.2, 0.25) is 0 Å². The number of amides is 2. The van der Waals surface area contributed by atoms with Gasteiger partial charge in [-0.1, -0.05) is 48.5 Å². The second-order valence-electron chi connectivity index (χ2n) is 8.15. The largest absolute Gasteiger partial charge is 0.480 e. The van der Waals surface area contributed by atoms with Crippen molar-refractivity contribution in [2.24, 2.45) is 0 Å². The lowest BCUT2D eigenvalue weighted by Crippen LogP contribution is -2.50. The van der Waals surface area contributed by atoms with E-state index < -0.39 is 30.6 Å². The van der Waals surface area contributed by atoms with Gasteiger partial charge in [0.2, 0.25) is 5.91 Å². The van der Waals surface area contributed by atoms with Gasteiger partial charge in [-0.2, -0.15) is 0 Å². The van der Waals surface area contributed by atoms with E-state index in [0.717, 1.165) is 22.3 Å². The van der Waals surface area contributed by atoms with E-state index in [2.05, 4.69) is 17.4 Å². The molecule has 0 spiro atoms. The first-order chi connectivity index (χ1) is 15.3. The Morgan fingerprint density at radius 3 is 2.09 bits per heavy atom. The minimum absolute atomic E-state index is 0.0808. The first-order valence-electron chi connectivity index (χ1n) is 10.5. The van der Waals surface area contributed by atoms with E-state index in [4.69, 9.17) is 9.84 Å².